The zero-order valence-electron chi connectivity index (χ0n) is 11.0. The van der Waals surface area contributed by atoms with E-state index in [1.807, 2.05) is 0 Å². The van der Waals surface area contributed by atoms with Crippen molar-refractivity contribution in [2.24, 2.45) is 0 Å². The van der Waals surface area contributed by atoms with E-state index in [0.29, 0.717) is 0 Å². The molecule has 0 saturated carbocycles. The first-order valence-corrected chi connectivity index (χ1v) is 10.2. The first kappa shape index (κ1) is 12.9. The van der Waals surface area contributed by atoms with Gasteiger partial charge < -0.3 is 0 Å². The molecule has 1 aliphatic rings. The molecule has 0 aliphatic carbocycles. The van der Waals surface area contributed by atoms with Gasteiger partial charge in [-0.1, -0.05) is 68.0 Å². The highest BCUT2D eigenvalue weighted by Crippen LogP contribution is 2.54. The number of fused-ring (bicyclic) bond motifs is 3. The van der Waals surface area contributed by atoms with Gasteiger partial charge in [0.2, 0.25) is 0 Å². The summed E-state index contributed by atoms with van der Waals surface area (Å²) in [5, 5.41) is 1.51. The van der Waals surface area contributed by atoms with Crippen molar-refractivity contribution in [3.8, 4) is 11.1 Å². The highest BCUT2D eigenvalue weighted by atomic mass is 31.2. The molecule has 0 spiro atoms. The first-order valence-electron chi connectivity index (χ1n) is 6.56. The molecular formula is C17H18P2. The Labute approximate surface area is 117 Å². The van der Waals surface area contributed by atoms with Gasteiger partial charge in [-0.3, -0.25) is 0 Å². The predicted molar refractivity (Wildman–Crippen MR) is 93.0 cm³/mol. The Hall–Kier alpha value is -1.09. The molecule has 0 saturated heterocycles. The van der Waals surface area contributed by atoms with Gasteiger partial charge in [0.25, 0.3) is 0 Å². The van der Waals surface area contributed by atoms with Crippen LogP contribution in [0.4, 0.5) is 0 Å². The number of hydrogen-bond acceptors (Lipinski definition) is 0. The third-order valence-corrected chi connectivity index (χ3v) is 8.21. The predicted octanol–water partition coefficient (Wildman–Crippen LogP) is 4.32. The Morgan fingerprint density at radius 3 is 2.47 bits per heavy atom. The molecule has 2 heteroatoms. The number of hydrogen-bond donors (Lipinski definition) is 0. The Kier molecular flexibility index (Phi) is 3.48. The summed E-state index contributed by atoms with van der Waals surface area (Å²) in [6, 6.07) is 17.7. The standard InChI is InChI=1S/C17H18P2/c1-18-11-12-19(2)13-14-7-3-4-8-15(14)16-9-5-6-10-17(16)19/h3-10H,1-2,11-13H2/t19-/m0/s1. The van der Waals surface area contributed by atoms with E-state index in [1.54, 1.807) is 0 Å². The minimum Gasteiger partial charge on any atom is -0.112 e. The van der Waals surface area contributed by atoms with Crippen LogP contribution in [-0.2, 0) is 6.16 Å². The average Bonchev–Trinajstić information content (AvgIpc) is 2.46. The minimum absolute atomic E-state index is 1.15. The molecule has 0 aromatic heterocycles. The highest BCUT2D eigenvalue weighted by Gasteiger charge is 2.26. The van der Waals surface area contributed by atoms with Crippen molar-refractivity contribution in [3.05, 3.63) is 54.1 Å². The molecule has 0 N–H and O–H groups in total. The number of rotatable bonds is 3. The van der Waals surface area contributed by atoms with Gasteiger partial charge >= 0.3 is 0 Å². The van der Waals surface area contributed by atoms with Crippen LogP contribution in [0.2, 0.25) is 0 Å². The lowest BCUT2D eigenvalue weighted by atomic mass is 10.0. The van der Waals surface area contributed by atoms with E-state index in [1.165, 1.54) is 36.4 Å². The second-order valence-electron chi connectivity index (χ2n) is 5.15. The summed E-state index contributed by atoms with van der Waals surface area (Å²) in [5.41, 5.74) is 4.29. The lowest BCUT2D eigenvalue weighted by molar-refractivity contribution is 1.34. The van der Waals surface area contributed by atoms with Crippen molar-refractivity contribution in [2.45, 2.75) is 6.16 Å². The van der Waals surface area contributed by atoms with Crippen LogP contribution in [0.1, 0.15) is 5.56 Å². The van der Waals surface area contributed by atoms with E-state index in [4.69, 9.17) is 0 Å². The molecule has 0 bridgehead atoms. The molecule has 1 heterocycles. The van der Waals surface area contributed by atoms with E-state index in [0.717, 1.165) is 12.3 Å². The smallest absolute Gasteiger partial charge is 0.00351 e. The van der Waals surface area contributed by atoms with Crippen LogP contribution in [0, 0.1) is 0 Å². The van der Waals surface area contributed by atoms with E-state index >= 15 is 0 Å². The lowest BCUT2D eigenvalue weighted by Crippen LogP contribution is -2.18. The fourth-order valence-corrected chi connectivity index (χ4v) is 7.61. The molecule has 0 nitrogen and oxygen atoms in total. The zero-order chi connectivity index (χ0) is 13.3. The second kappa shape index (κ2) is 5.12. The summed E-state index contributed by atoms with van der Waals surface area (Å²) in [4.78, 5) is 0. The molecule has 96 valence electrons. The Bertz CT molecular complexity index is 670. The second-order valence-corrected chi connectivity index (χ2v) is 9.58. The van der Waals surface area contributed by atoms with Gasteiger partial charge in [0, 0.05) is 0 Å². The van der Waals surface area contributed by atoms with Crippen molar-refractivity contribution in [2.75, 3.05) is 12.3 Å². The highest BCUT2D eigenvalue weighted by molar-refractivity contribution is 7.80. The van der Waals surface area contributed by atoms with Gasteiger partial charge in [0.15, 0.2) is 0 Å². The Morgan fingerprint density at radius 2 is 1.68 bits per heavy atom. The minimum atomic E-state index is -1.30. The topological polar surface area (TPSA) is 0 Å². The van der Waals surface area contributed by atoms with Gasteiger partial charge in [-0.05, 0) is 40.5 Å². The molecule has 0 radical (unpaired) electrons. The summed E-state index contributed by atoms with van der Waals surface area (Å²) in [6.07, 6.45) is 12.2. The van der Waals surface area contributed by atoms with Gasteiger partial charge in [-0.15, -0.1) is 8.20 Å². The summed E-state index contributed by atoms with van der Waals surface area (Å²) in [7, 11) is 1.24. The molecule has 1 aliphatic heterocycles. The van der Waals surface area contributed by atoms with Crippen LogP contribution in [0.5, 0.6) is 0 Å². The first-order chi connectivity index (χ1) is 9.24. The molecule has 0 unspecified atom stereocenters. The molecule has 3 rings (SSSR count). The SMILES string of the molecule is C=PCC[P@@]1(=C)Cc2ccccc2-c2ccccc21. The summed E-state index contributed by atoms with van der Waals surface area (Å²) in [6.45, 7) is -1.30. The normalized spacial score (nSPS) is 20.8. The van der Waals surface area contributed by atoms with Gasteiger partial charge in [-0.25, -0.2) is 0 Å². The summed E-state index contributed by atoms with van der Waals surface area (Å²) >= 11 is 0. The maximum Gasteiger partial charge on any atom is -0.00351 e. The van der Waals surface area contributed by atoms with Crippen LogP contribution in [0.15, 0.2) is 48.5 Å². The van der Waals surface area contributed by atoms with E-state index in [9.17, 15) is 0 Å². The lowest BCUT2D eigenvalue weighted by Gasteiger charge is -2.33. The molecule has 2 aromatic rings. The Morgan fingerprint density at radius 1 is 1.00 bits per heavy atom. The van der Waals surface area contributed by atoms with Crippen LogP contribution in [0.3, 0.4) is 0 Å². The largest absolute Gasteiger partial charge is 0.112 e. The molecule has 19 heavy (non-hydrogen) atoms. The third-order valence-electron chi connectivity index (χ3n) is 3.88. The van der Waals surface area contributed by atoms with Gasteiger partial charge in [0.1, 0.15) is 0 Å². The van der Waals surface area contributed by atoms with Crippen molar-refractivity contribution in [1.82, 2.24) is 0 Å². The molecule has 1 atom stereocenters. The maximum atomic E-state index is 4.69. The van der Waals surface area contributed by atoms with Crippen molar-refractivity contribution >= 4 is 33.0 Å². The van der Waals surface area contributed by atoms with E-state index < -0.39 is 6.89 Å². The van der Waals surface area contributed by atoms with Crippen LogP contribution >= 0.6 is 15.1 Å². The molecule has 0 amide bonds. The fraction of sp³-hybridized carbons (Fsp3) is 0.176. The van der Waals surface area contributed by atoms with Gasteiger partial charge in [0.05, 0.1) is 0 Å². The molecule has 0 fully saturated rings. The summed E-state index contributed by atoms with van der Waals surface area (Å²) < 4.78 is 0. The van der Waals surface area contributed by atoms with Crippen LogP contribution in [0.25, 0.3) is 11.1 Å². The average molecular weight is 284 g/mol. The zero-order valence-corrected chi connectivity index (χ0v) is 12.8. The van der Waals surface area contributed by atoms with Crippen LogP contribution < -0.4 is 5.30 Å². The van der Waals surface area contributed by atoms with Crippen LogP contribution in [-0.4, -0.2) is 24.9 Å². The molecular weight excluding hydrogens is 266 g/mol. The summed E-state index contributed by atoms with van der Waals surface area (Å²) in [5.74, 6) is 0. The monoisotopic (exact) mass is 284 g/mol. The van der Waals surface area contributed by atoms with E-state index in [-0.39, 0.29) is 0 Å². The molecule has 2 aromatic carbocycles. The van der Waals surface area contributed by atoms with Crippen molar-refractivity contribution in [3.63, 3.8) is 0 Å². The van der Waals surface area contributed by atoms with Gasteiger partial charge in [-0.2, -0.15) is 0 Å². The van der Waals surface area contributed by atoms with E-state index in [2.05, 4.69) is 61.1 Å². The maximum absolute atomic E-state index is 4.69. The fourth-order valence-electron chi connectivity index (χ4n) is 2.91. The number of benzene rings is 2. The van der Waals surface area contributed by atoms with Crippen molar-refractivity contribution < 1.29 is 0 Å². The quantitative estimate of drug-likeness (QED) is 0.736. The Balaban J connectivity index is 2.19. The van der Waals surface area contributed by atoms with Crippen molar-refractivity contribution in [1.29, 1.82) is 0 Å². The third kappa shape index (κ3) is 2.25.